The summed E-state index contributed by atoms with van der Waals surface area (Å²) >= 11 is 0. The molecule has 0 spiro atoms. The number of alkyl halides is 2. The van der Waals surface area contributed by atoms with E-state index in [4.69, 9.17) is 4.84 Å². The zero-order valence-electron chi connectivity index (χ0n) is 12.0. The molecule has 1 fully saturated rings. The standard InChI is InChI=1S/C15H9F2N3O4/c16-15(17)7-11(15)19-6-5-10(18-19)14(23)24-20-12(21)8-3-1-2-4-9(8)13(20)22/h1-6,11H,7H2. The molecule has 2 heterocycles. The van der Waals surface area contributed by atoms with Gasteiger partial charge in [0.05, 0.1) is 11.1 Å². The molecule has 1 saturated carbocycles. The van der Waals surface area contributed by atoms with E-state index in [0.29, 0.717) is 5.06 Å². The molecule has 1 aliphatic heterocycles. The number of carbonyl (C=O) groups excluding carboxylic acids is 3. The van der Waals surface area contributed by atoms with E-state index in [2.05, 4.69) is 5.10 Å². The minimum absolute atomic E-state index is 0.124. The third kappa shape index (κ3) is 2.08. The van der Waals surface area contributed by atoms with Gasteiger partial charge in [0, 0.05) is 12.6 Å². The van der Waals surface area contributed by atoms with E-state index in [1.807, 2.05) is 0 Å². The van der Waals surface area contributed by atoms with Crippen LogP contribution in [0.3, 0.4) is 0 Å². The maximum absolute atomic E-state index is 13.0. The summed E-state index contributed by atoms with van der Waals surface area (Å²) in [7, 11) is 0. The van der Waals surface area contributed by atoms with Crippen molar-refractivity contribution in [2.24, 2.45) is 0 Å². The molecule has 122 valence electrons. The summed E-state index contributed by atoms with van der Waals surface area (Å²) in [5, 5.41) is 4.07. The van der Waals surface area contributed by atoms with Gasteiger partial charge in [-0.3, -0.25) is 14.3 Å². The van der Waals surface area contributed by atoms with E-state index in [1.165, 1.54) is 24.4 Å². The molecule has 2 aromatic rings. The lowest BCUT2D eigenvalue weighted by molar-refractivity contribution is -0.0589. The zero-order valence-corrected chi connectivity index (χ0v) is 12.0. The number of aromatic nitrogens is 2. The van der Waals surface area contributed by atoms with Crippen LogP contribution in [0.1, 0.15) is 43.7 Å². The molecule has 9 heteroatoms. The van der Waals surface area contributed by atoms with E-state index >= 15 is 0 Å². The molecular weight excluding hydrogens is 324 g/mol. The first-order valence-corrected chi connectivity index (χ1v) is 7.01. The van der Waals surface area contributed by atoms with Crippen LogP contribution in [0.25, 0.3) is 0 Å². The van der Waals surface area contributed by atoms with Crippen LogP contribution in [0.5, 0.6) is 0 Å². The van der Waals surface area contributed by atoms with Gasteiger partial charge < -0.3 is 4.84 Å². The van der Waals surface area contributed by atoms with Crippen molar-refractivity contribution in [3.05, 3.63) is 53.3 Å². The fourth-order valence-electron chi connectivity index (χ4n) is 2.49. The fourth-order valence-corrected chi connectivity index (χ4v) is 2.49. The predicted octanol–water partition coefficient (Wildman–Crippen LogP) is 1.83. The van der Waals surface area contributed by atoms with Gasteiger partial charge in [-0.2, -0.15) is 5.10 Å². The fraction of sp³-hybridized carbons (Fsp3) is 0.200. The van der Waals surface area contributed by atoms with Crippen LogP contribution in [0.4, 0.5) is 8.78 Å². The van der Waals surface area contributed by atoms with Crippen LogP contribution >= 0.6 is 0 Å². The molecule has 1 aromatic heterocycles. The summed E-state index contributed by atoms with van der Waals surface area (Å²) < 4.78 is 27.0. The number of halogens is 2. The van der Waals surface area contributed by atoms with Crippen molar-refractivity contribution in [2.45, 2.75) is 18.4 Å². The highest BCUT2D eigenvalue weighted by atomic mass is 19.3. The van der Waals surface area contributed by atoms with E-state index < -0.39 is 29.7 Å². The first-order valence-electron chi connectivity index (χ1n) is 7.01. The Kier molecular flexibility index (Phi) is 2.84. The maximum atomic E-state index is 13.0. The van der Waals surface area contributed by atoms with Gasteiger partial charge in [-0.25, -0.2) is 13.6 Å². The number of nitrogens with zero attached hydrogens (tertiary/aromatic N) is 3. The number of hydroxylamine groups is 2. The summed E-state index contributed by atoms with van der Waals surface area (Å²) in [6.45, 7) is 0. The summed E-state index contributed by atoms with van der Waals surface area (Å²) in [5.74, 6) is -5.45. The summed E-state index contributed by atoms with van der Waals surface area (Å²) in [4.78, 5) is 41.0. The Hall–Kier alpha value is -3.10. The second-order valence-electron chi connectivity index (χ2n) is 5.49. The average Bonchev–Trinajstić information content (AvgIpc) is 2.92. The lowest BCUT2D eigenvalue weighted by atomic mass is 10.1. The van der Waals surface area contributed by atoms with Crippen molar-refractivity contribution in [3.8, 4) is 0 Å². The lowest BCUT2D eigenvalue weighted by Gasteiger charge is -2.11. The van der Waals surface area contributed by atoms with Crippen LogP contribution < -0.4 is 0 Å². The lowest BCUT2D eigenvalue weighted by Crippen LogP contribution is -2.32. The van der Waals surface area contributed by atoms with Gasteiger partial charge in [0.1, 0.15) is 6.04 Å². The molecule has 1 unspecified atom stereocenters. The Labute approximate surface area is 133 Å². The van der Waals surface area contributed by atoms with E-state index in [1.54, 1.807) is 12.1 Å². The van der Waals surface area contributed by atoms with Gasteiger partial charge >= 0.3 is 5.97 Å². The molecule has 0 bridgehead atoms. The number of hydrogen-bond donors (Lipinski definition) is 0. The molecule has 0 saturated heterocycles. The predicted molar refractivity (Wildman–Crippen MR) is 73.2 cm³/mol. The van der Waals surface area contributed by atoms with Crippen LogP contribution in [-0.2, 0) is 4.84 Å². The summed E-state index contributed by atoms with van der Waals surface area (Å²) in [6, 6.07) is 6.13. The Morgan fingerprint density at radius 1 is 1.17 bits per heavy atom. The monoisotopic (exact) mass is 333 g/mol. The first-order chi connectivity index (χ1) is 11.4. The van der Waals surface area contributed by atoms with E-state index in [0.717, 1.165) is 4.68 Å². The highest BCUT2D eigenvalue weighted by Gasteiger charge is 2.59. The Bertz CT molecular complexity index is 857. The minimum Gasteiger partial charge on any atom is -0.322 e. The molecular formula is C15H9F2N3O4. The highest BCUT2D eigenvalue weighted by molar-refractivity contribution is 6.21. The van der Waals surface area contributed by atoms with Crippen molar-refractivity contribution in [1.82, 2.24) is 14.8 Å². The molecule has 1 aromatic carbocycles. The number of hydrogen-bond acceptors (Lipinski definition) is 5. The Morgan fingerprint density at radius 2 is 1.75 bits per heavy atom. The third-order valence-corrected chi connectivity index (χ3v) is 3.86. The van der Waals surface area contributed by atoms with Crippen LogP contribution in [0.15, 0.2) is 36.5 Å². The smallest absolute Gasteiger partial charge is 0.322 e. The molecule has 0 radical (unpaired) electrons. The molecule has 2 aliphatic rings. The van der Waals surface area contributed by atoms with Crippen molar-refractivity contribution in [2.75, 3.05) is 0 Å². The van der Waals surface area contributed by atoms with Crippen LogP contribution in [-0.4, -0.2) is 38.5 Å². The van der Waals surface area contributed by atoms with Crippen molar-refractivity contribution in [1.29, 1.82) is 0 Å². The van der Waals surface area contributed by atoms with Gasteiger partial charge in [0.25, 0.3) is 17.7 Å². The Balaban J connectivity index is 1.51. The highest BCUT2D eigenvalue weighted by Crippen LogP contribution is 2.52. The largest absolute Gasteiger partial charge is 0.384 e. The van der Waals surface area contributed by atoms with Crippen LogP contribution in [0, 0.1) is 0 Å². The van der Waals surface area contributed by atoms with Crippen LogP contribution in [0.2, 0.25) is 0 Å². The summed E-state index contributed by atoms with van der Waals surface area (Å²) in [6.07, 6.45) is 0.881. The normalized spacial score (nSPS) is 20.9. The molecule has 7 nitrogen and oxygen atoms in total. The Morgan fingerprint density at radius 3 is 2.29 bits per heavy atom. The molecule has 2 amide bonds. The van der Waals surface area contributed by atoms with Gasteiger partial charge in [0.15, 0.2) is 5.69 Å². The van der Waals surface area contributed by atoms with Gasteiger partial charge in [-0.05, 0) is 18.2 Å². The number of rotatable bonds is 3. The molecule has 1 aliphatic carbocycles. The molecule has 1 atom stereocenters. The number of amides is 2. The number of fused-ring (bicyclic) bond motifs is 1. The second-order valence-corrected chi connectivity index (χ2v) is 5.49. The summed E-state index contributed by atoms with van der Waals surface area (Å²) in [5.41, 5.74) is -0.0221. The van der Waals surface area contributed by atoms with Crippen molar-refractivity contribution >= 4 is 17.8 Å². The van der Waals surface area contributed by atoms with Gasteiger partial charge in [-0.15, -0.1) is 0 Å². The van der Waals surface area contributed by atoms with Gasteiger partial charge in [0.2, 0.25) is 0 Å². The molecule has 4 rings (SSSR count). The van der Waals surface area contributed by atoms with Crippen molar-refractivity contribution in [3.63, 3.8) is 0 Å². The number of benzene rings is 1. The molecule has 24 heavy (non-hydrogen) atoms. The third-order valence-electron chi connectivity index (χ3n) is 3.86. The topological polar surface area (TPSA) is 81.5 Å². The number of imide groups is 1. The average molecular weight is 333 g/mol. The SMILES string of the molecule is O=C(ON1C(=O)c2ccccc2C1=O)c1ccn(C2CC2(F)F)n1. The number of carbonyl (C=O) groups is 3. The molecule has 0 N–H and O–H groups in total. The van der Waals surface area contributed by atoms with Gasteiger partial charge in [-0.1, -0.05) is 17.2 Å². The quantitative estimate of drug-likeness (QED) is 0.801. The second kappa shape index (κ2) is 4.70. The minimum atomic E-state index is -2.84. The van der Waals surface area contributed by atoms with E-state index in [9.17, 15) is 23.2 Å². The van der Waals surface area contributed by atoms with E-state index in [-0.39, 0.29) is 23.2 Å². The van der Waals surface area contributed by atoms with Crippen molar-refractivity contribution < 1.29 is 28.0 Å². The first kappa shape index (κ1) is 14.5. The maximum Gasteiger partial charge on any atom is 0.384 e. The zero-order chi connectivity index (χ0) is 17.1.